The van der Waals surface area contributed by atoms with Crippen molar-refractivity contribution in [2.24, 2.45) is 0 Å². The van der Waals surface area contributed by atoms with E-state index >= 15 is 0 Å². The van der Waals surface area contributed by atoms with E-state index in [0.29, 0.717) is 5.54 Å². The summed E-state index contributed by atoms with van der Waals surface area (Å²) < 4.78 is 0. The second-order valence-electron chi connectivity index (χ2n) is 4.99. The largest absolute Gasteiger partial charge is 1.00 e. The molecular weight excluding hydrogens is 206 g/mol. The van der Waals surface area contributed by atoms with Crippen molar-refractivity contribution in [3.63, 3.8) is 0 Å². The van der Waals surface area contributed by atoms with Crippen molar-refractivity contribution in [2.75, 3.05) is 13.1 Å². The molecule has 15 heavy (non-hydrogen) atoms. The molecule has 1 heterocycles. The summed E-state index contributed by atoms with van der Waals surface area (Å²) in [6, 6.07) is 0. The van der Waals surface area contributed by atoms with Gasteiger partial charge in [0.15, 0.2) is 0 Å². The molecule has 1 aliphatic heterocycles. The predicted octanol–water partition coefficient (Wildman–Crippen LogP) is -0.582. The molecular formula is C13H28ClN. The molecule has 0 aromatic rings. The van der Waals surface area contributed by atoms with E-state index in [1.807, 2.05) is 4.90 Å². The third kappa shape index (κ3) is 3.64. The molecule has 0 aromatic carbocycles. The van der Waals surface area contributed by atoms with E-state index in [1.165, 1.54) is 58.0 Å². The van der Waals surface area contributed by atoms with Crippen molar-refractivity contribution < 1.29 is 17.3 Å². The summed E-state index contributed by atoms with van der Waals surface area (Å²) in [5.74, 6) is 0. The molecule has 0 radical (unpaired) electrons. The average Bonchev–Trinajstić information content (AvgIpc) is 2.02. The molecule has 2 heteroatoms. The van der Waals surface area contributed by atoms with Gasteiger partial charge in [0.1, 0.15) is 0 Å². The van der Waals surface area contributed by atoms with Gasteiger partial charge in [0.2, 0.25) is 0 Å². The lowest BCUT2D eigenvalue weighted by Crippen LogP contribution is -3.25. The molecule has 0 bridgehead atoms. The molecule has 1 saturated heterocycles. The zero-order valence-corrected chi connectivity index (χ0v) is 11.5. The third-order valence-corrected chi connectivity index (χ3v) is 3.89. The molecule has 1 N–H and O–H groups in total. The predicted molar refractivity (Wildman–Crippen MR) is 62.8 cm³/mol. The first-order valence-electron chi connectivity index (χ1n) is 6.64. The Kier molecular flexibility index (Phi) is 7.64. The van der Waals surface area contributed by atoms with Gasteiger partial charge < -0.3 is 17.3 Å². The molecule has 0 aromatic heterocycles. The minimum atomic E-state index is 0. The highest BCUT2D eigenvalue weighted by Crippen LogP contribution is 2.23. The normalized spacial score (nSPS) is 17.0. The van der Waals surface area contributed by atoms with Crippen LogP contribution in [-0.4, -0.2) is 18.6 Å². The monoisotopic (exact) mass is 233 g/mol. The van der Waals surface area contributed by atoms with Crippen LogP contribution in [0, 0.1) is 0 Å². The van der Waals surface area contributed by atoms with Crippen LogP contribution in [0.1, 0.15) is 65.7 Å². The van der Waals surface area contributed by atoms with E-state index in [-0.39, 0.29) is 12.4 Å². The first kappa shape index (κ1) is 15.2. The zero-order chi connectivity index (χ0) is 10.4. The fraction of sp³-hybridized carbons (Fsp3) is 1.00. The Morgan fingerprint density at radius 3 is 1.47 bits per heavy atom. The molecule has 0 aliphatic carbocycles. The van der Waals surface area contributed by atoms with Crippen molar-refractivity contribution in [3.8, 4) is 0 Å². The van der Waals surface area contributed by atoms with Gasteiger partial charge >= 0.3 is 0 Å². The van der Waals surface area contributed by atoms with E-state index in [2.05, 4.69) is 20.8 Å². The van der Waals surface area contributed by atoms with E-state index < -0.39 is 0 Å². The number of hydrogen-bond acceptors (Lipinski definition) is 0. The highest BCUT2D eigenvalue weighted by Gasteiger charge is 2.41. The van der Waals surface area contributed by atoms with E-state index in [4.69, 9.17) is 0 Å². The number of quaternary nitrogens is 1. The van der Waals surface area contributed by atoms with Gasteiger partial charge in [-0.25, -0.2) is 0 Å². The number of halogens is 1. The molecule has 1 fully saturated rings. The van der Waals surface area contributed by atoms with Crippen molar-refractivity contribution in [3.05, 3.63) is 0 Å². The number of rotatable bonds is 7. The third-order valence-electron chi connectivity index (χ3n) is 3.89. The van der Waals surface area contributed by atoms with Crippen LogP contribution >= 0.6 is 0 Å². The zero-order valence-electron chi connectivity index (χ0n) is 10.7. The smallest absolute Gasteiger partial charge is 0.0976 e. The van der Waals surface area contributed by atoms with E-state index in [9.17, 15) is 0 Å². The van der Waals surface area contributed by atoms with Crippen LogP contribution < -0.4 is 17.3 Å². The summed E-state index contributed by atoms with van der Waals surface area (Å²) in [4.78, 5) is 1.92. The van der Waals surface area contributed by atoms with Crippen LogP contribution in [0.3, 0.4) is 0 Å². The van der Waals surface area contributed by atoms with Crippen LogP contribution in [0.2, 0.25) is 0 Å². The Morgan fingerprint density at radius 1 is 0.867 bits per heavy atom. The van der Waals surface area contributed by atoms with Crippen molar-refractivity contribution in [1.29, 1.82) is 0 Å². The summed E-state index contributed by atoms with van der Waals surface area (Å²) in [5.41, 5.74) is 0.663. The van der Waals surface area contributed by atoms with Gasteiger partial charge in [0.05, 0.1) is 18.6 Å². The van der Waals surface area contributed by atoms with Crippen molar-refractivity contribution in [2.45, 2.75) is 71.3 Å². The fourth-order valence-corrected chi connectivity index (χ4v) is 3.22. The molecule has 0 amide bonds. The van der Waals surface area contributed by atoms with Gasteiger partial charge in [-0.15, -0.1) is 0 Å². The molecule has 92 valence electrons. The Morgan fingerprint density at radius 2 is 1.27 bits per heavy atom. The van der Waals surface area contributed by atoms with Crippen molar-refractivity contribution in [1.82, 2.24) is 0 Å². The summed E-state index contributed by atoms with van der Waals surface area (Å²) >= 11 is 0. The first-order valence-corrected chi connectivity index (χ1v) is 6.64. The van der Waals surface area contributed by atoms with Crippen LogP contribution in [0.5, 0.6) is 0 Å². The highest BCUT2D eigenvalue weighted by molar-refractivity contribution is 4.79. The molecule has 1 aliphatic rings. The summed E-state index contributed by atoms with van der Waals surface area (Å²) in [6.45, 7) is 9.93. The van der Waals surface area contributed by atoms with Gasteiger partial charge in [-0.2, -0.15) is 0 Å². The summed E-state index contributed by atoms with van der Waals surface area (Å²) in [5, 5.41) is 0. The molecule has 0 unspecified atom stereocenters. The SMILES string of the molecule is CCCC(CCC)(CCC)[NH+]1CCC1.[Cl-]. The second kappa shape index (κ2) is 7.51. The highest BCUT2D eigenvalue weighted by atomic mass is 35.5. The summed E-state index contributed by atoms with van der Waals surface area (Å²) in [6.07, 6.45) is 9.91. The van der Waals surface area contributed by atoms with Gasteiger partial charge in [-0.3, -0.25) is 0 Å². The number of nitrogens with one attached hydrogen (secondary N) is 1. The maximum absolute atomic E-state index is 2.35. The Bertz CT molecular complexity index is 138. The Hall–Kier alpha value is 0.250. The molecule has 0 saturated carbocycles. The van der Waals surface area contributed by atoms with Crippen LogP contribution in [-0.2, 0) is 0 Å². The molecule has 1 nitrogen and oxygen atoms in total. The van der Waals surface area contributed by atoms with E-state index in [0.717, 1.165) is 0 Å². The molecule has 0 spiro atoms. The average molecular weight is 234 g/mol. The first-order chi connectivity index (χ1) is 6.79. The Labute approximate surface area is 102 Å². The minimum Gasteiger partial charge on any atom is -1.00 e. The van der Waals surface area contributed by atoms with Crippen LogP contribution in [0.15, 0.2) is 0 Å². The maximum Gasteiger partial charge on any atom is 0.0976 e. The lowest BCUT2D eigenvalue weighted by atomic mass is 9.81. The molecule has 1 rings (SSSR count). The maximum atomic E-state index is 2.35. The molecule has 0 atom stereocenters. The summed E-state index contributed by atoms with van der Waals surface area (Å²) in [7, 11) is 0. The van der Waals surface area contributed by atoms with Crippen molar-refractivity contribution >= 4 is 0 Å². The van der Waals surface area contributed by atoms with Gasteiger partial charge in [-0.1, -0.05) is 40.0 Å². The number of likely N-dealkylation sites (tertiary alicyclic amines) is 1. The minimum absolute atomic E-state index is 0. The fourth-order valence-electron chi connectivity index (χ4n) is 3.22. The standard InChI is InChI=1S/C13H27N.ClH/c1-4-8-13(9-5-2,10-6-3)14-11-7-12-14;/h4-12H2,1-3H3;1H. The lowest BCUT2D eigenvalue weighted by molar-refractivity contribution is -0.990. The van der Waals surface area contributed by atoms with Crippen LogP contribution in [0.25, 0.3) is 0 Å². The quantitative estimate of drug-likeness (QED) is 0.600. The Balaban J connectivity index is 0.00000196. The topological polar surface area (TPSA) is 4.44 Å². The van der Waals surface area contributed by atoms with Gasteiger partial charge in [0.25, 0.3) is 0 Å². The van der Waals surface area contributed by atoms with Gasteiger partial charge in [-0.05, 0) is 0 Å². The van der Waals surface area contributed by atoms with E-state index in [1.54, 1.807) is 0 Å². The number of hydrogen-bond donors (Lipinski definition) is 1. The van der Waals surface area contributed by atoms with Gasteiger partial charge in [0, 0.05) is 25.7 Å². The van der Waals surface area contributed by atoms with Crippen LogP contribution in [0.4, 0.5) is 0 Å². The second-order valence-corrected chi connectivity index (χ2v) is 4.99. The lowest BCUT2D eigenvalue weighted by Gasteiger charge is -2.46.